The molecule has 1 aromatic rings. The second kappa shape index (κ2) is 13.8. The Labute approximate surface area is 246 Å². The maximum atomic E-state index is 14.1. The molecule has 1 fully saturated rings. The highest BCUT2D eigenvalue weighted by molar-refractivity contribution is 7.54. The molecule has 1 aromatic heterocycles. The minimum atomic E-state index is -4.21. The normalized spacial score (nSPS) is 22.8. The number of nitrogens with zero attached hydrogens (tertiary/aromatic N) is 2. The van der Waals surface area contributed by atoms with Crippen LogP contribution in [-0.2, 0) is 32.9 Å². The number of carbonyl (C=O) groups excluding carboxylic acids is 2. The molecule has 0 bridgehead atoms. The summed E-state index contributed by atoms with van der Waals surface area (Å²) < 4.78 is 37.7. The zero-order valence-corrected chi connectivity index (χ0v) is 26.6. The lowest BCUT2D eigenvalue weighted by molar-refractivity contribution is -0.148. The SMILES string of the molecule is C=C[C@@]1(COP(=O)(N[C@@H](C)C(=O)OCC(C)(C)C)N[C@@H](C)C(=O)OCC(C)(C)C)C[C@@H](O)[C@H](n2ccc(N)nc2=O)O1. The van der Waals surface area contributed by atoms with Crippen molar-refractivity contribution in [2.75, 3.05) is 25.6 Å². The first-order chi connectivity index (χ1) is 19.2. The third-order valence-corrected chi connectivity index (χ3v) is 7.90. The van der Waals surface area contributed by atoms with Gasteiger partial charge in [-0.15, -0.1) is 6.58 Å². The molecule has 0 saturated carbocycles. The Balaban J connectivity index is 2.26. The quantitative estimate of drug-likeness (QED) is 0.144. The Kier molecular flexibility index (Phi) is 11.7. The van der Waals surface area contributed by atoms with Gasteiger partial charge in [0.25, 0.3) is 0 Å². The smallest absolute Gasteiger partial charge is 0.351 e. The van der Waals surface area contributed by atoms with Crippen LogP contribution in [0.15, 0.2) is 29.7 Å². The van der Waals surface area contributed by atoms with E-state index in [2.05, 4.69) is 21.7 Å². The van der Waals surface area contributed by atoms with Gasteiger partial charge >= 0.3 is 25.3 Å². The van der Waals surface area contributed by atoms with Crippen LogP contribution >= 0.6 is 7.67 Å². The fourth-order valence-electron chi connectivity index (χ4n) is 3.72. The van der Waals surface area contributed by atoms with Gasteiger partial charge in [0.1, 0.15) is 29.6 Å². The lowest BCUT2D eigenvalue weighted by atomic mass is 9.99. The Morgan fingerprint density at radius 3 is 2.12 bits per heavy atom. The zero-order valence-electron chi connectivity index (χ0n) is 25.7. The Morgan fingerprint density at radius 2 is 1.69 bits per heavy atom. The maximum absolute atomic E-state index is 14.1. The van der Waals surface area contributed by atoms with Gasteiger partial charge in [-0.05, 0) is 30.7 Å². The van der Waals surface area contributed by atoms with Gasteiger partial charge in [0.2, 0.25) is 0 Å². The standard InChI is InChI=1S/C27H46N5O9P/c1-10-27(13-19(33)21(41-27)32-12-11-20(28)29-24(32)36)16-40-42(37,30-17(2)22(34)38-14-25(4,5)6)31-18(3)23(35)39-15-26(7,8)9/h10-12,17-19,21,33H,1,13-16H2,2-9H3,(H2,28,29,36)(H2,30,31,37)/t17-,18-,19+,21+,27-/m0/s1. The summed E-state index contributed by atoms with van der Waals surface area (Å²) in [5, 5.41) is 16.0. The van der Waals surface area contributed by atoms with E-state index >= 15 is 0 Å². The van der Waals surface area contributed by atoms with Gasteiger partial charge in [0.05, 0.1) is 19.8 Å². The monoisotopic (exact) mass is 615 g/mol. The molecular formula is C27H46N5O9P. The van der Waals surface area contributed by atoms with Crippen molar-refractivity contribution in [3.63, 3.8) is 0 Å². The van der Waals surface area contributed by atoms with Crippen LogP contribution < -0.4 is 21.6 Å². The topological polar surface area (TPSA) is 193 Å². The molecule has 238 valence electrons. The fraction of sp³-hybridized carbons (Fsp3) is 0.704. The van der Waals surface area contributed by atoms with E-state index in [-0.39, 0.29) is 36.3 Å². The third kappa shape index (κ3) is 10.6. The molecule has 0 amide bonds. The number of aromatic nitrogens is 2. The predicted molar refractivity (Wildman–Crippen MR) is 156 cm³/mol. The maximum Gasteiger partial charge on any atom is 0.351 e. The van der Waals surface area contributed by atoms with Crippen molar-refractivity contribution in [1.82, 2.24) is 19.7 Å². The van der Waals surface area contributed by atoms with Crippen molar-refractivity contribution in [2.45, 2.75) is 91.8 Å². The van der Waals surface area contributed by atoms with Crippen molar-refractivity contribution in [3.8, 4) is 0 Å². The molecule has 42 heavy (non-hydrogen) atoms. The molecule has 0 aromatic carbocycles. The van der Waals surface area contributed by atoms with Gasteiger partial charge in [-0.1, -0.05) is 47.6 Å². The fourth-order valence-corrected chi connectivity index (χ4v) is 5.57. The number of nitrogen functional groups attached to an aromatic ring is 1. The Bertz CT molecular complexity index is 1180. The molecule has 0 unspecified atom stereocenters. The largest absolute Gasteiger partial charge is 0.464 e. The molecule has 2 rings (SSSR count). The summed E-state index contributed by atoms with van der Waals surface area (Å²) in [5.74, 6) is -1.36. The second-order valence-electron chi connectivity index (χ2n) is 13.0. The Hall–Kier alpha value is -2.61. The highest BCUT2D eigenvalue weighted by Crippen LogP contribution is 2.44. The molecule has 0 radical (unpaired) electrons. The lowest BCUT2D eigenvalue weighted by Gasteiger charge is -2.31. The summed E-state index contributed by atoms with van der Waals surface area (Å²) >= 11 is 0. The highest BCUT2D eigenvalue weighted by atomic mass is 31.2. The van der Waals surface area contributed by atoms with E-state index in [1.165, 1.54) is 32.2 Å². The number of anilines is 1. The van der Waals surface area contributed by atoms with E-state index in [1.54, 1.807) is 0 Å². The van der Waals surface area contributed by atoms with Gasteiger partial charge in [0.15, 0.2) is 6.23 Å². The first-order valence-corrected chi connectivity index (χ1v) is 15.3. The number of ether oxygens (including phenoxy) is 3. The zero-order chi connectivity index (χ0) is 32.1. The number of rotatable bonds is 13. The van der Waals surface area contributed by atoms with Crippen molar-refractivity contribution in [2.24, 2.45) is 10.8 Å². The molecule has 5 N–H and O–H groups in total. The van der Waals surface area contributed by atoms with Crippen LogP contribution in [0.3, 0.4) is 0 Å². The average molecular weight is 616 g/mol. The van der Waals surface area contributed by atoms with Crippen LogP contribution in [0.2, 0.25) is 0 Å². The second-order valence-corrected chi connectivity index (χ2v) is 14.8. The minimum Gasteiger partial charge on any atom is -0.464 e. The van der Waals surface area contributed by atoms with Crippen LogP contribution in [-0.4, -0.2) is 70.2 Å². The van der Waals surface area contributed by atoms with Gasteiger partial charge < -0.3 is 29.6 Å². The van der Waals surface area contributed by atoms with Gasteiger partial charge in [-0.2, -0.15) is 4.98 Å². The summed E-state index contributed by atoms with van der Waals surface area (Å²) in [6, 6.07) is -0.833. The number of hydrogen-bond donors (Lipinski definition) is 4. The van der Waals surface area contributed by atoms with E-state index < -0.39 is 61.9 Å². The molecule has 1 aliphatic rings. The molecule has 0 spiro atoms. The first kappa shape index (κ1) is 35.6. The summed E-state index contributed by atoms with van der Waals surface area (Å²) in [4.78, 5) is 41.4. The molecular weight excluding hydrogens is 569 g/mol. The van der Waals surface area contributed by atoms with E-state index in [4.69, 9.17) is 24.5 Å². The molecule has 0 aliphatic carbocycles. The average Bonchev–Trinajstić information content (AvgIpc) is 3.20. The minimum absolute atomic E-state index is 0.00503. The van der Waals surface area contributed by atoms with E-state index in [1.807, 2.05) is 41.5 Å². The molecule has 1 saturated heterocycles. The van der Waals surface area contributed by atoms with E-state index in [0.717, 1.165) is 4.57 Å². The first-order valence-electron chi connectivity index (χ1n) is 13.7. The molecule has 5 atom stereocenters. The number of nitrogens with two attached hydrogens (primary N) is 1. The number of aliphatic hydroxyl groups is 1. The van der Waals surface area contributed by atoms with Crippen molar-refractivity contribution >= 4 is 25.4 Å². The van der Waals surface area contributed by atoms with Crippen LogP contribution in [0.25, 0.3) is 0 Å². The van der Waals surface area contributed by atoms with Crippen molar-refractivity contribution in [3.05, 3.63) is 35.4 Å². The van der Waals surface area contributed by atoms with Crippen LogP contribution in [0.5, 0.6) is 0 Å². The summed E-state index contributed by atoms with van der Waals surface area (Å²) in [7, 11) is -4.21. The molecule has 2 heterocycles. The summed E-state index contributed by atoms with van der Waals surface area (Å²) in [6.07, 6.45) is 0.267. The van der Waals surface area contributed by atoms with E-state index in [0.29, 0.717) is 0 Å². The van der Waals surface area contributed by atoms with Gasteiger partial charge in [-0.25, -0.2) is 15.0 Å². The number of carbonyl (C=O) groups is 2. The van der Waals surface area contributed by atoms with Gasteiger partial charge in [-0.3, -0.25) is 18.7 Å². The number of aliphatic hydroxyl groups excluding tert-OH is 1. The van der Waals surface area contributed by atoms with Crippen LogP contribution in [0.4, 0.5) is 5.82 Å². The number of nitrogens with one attached hydrogen (secondary N) is 2. The predicted octanol–water partition coefficient (Wildman–Crippen LogP) is 2.29. The Morgan fingerprint density at radius 1 is 1.19 bits per heavy atom. The van der Waals surface area contributed by atoms with Gasteiger partial charge in [0, 0.05) is 12.6 Å². The van der Waals surface area contributed by atoms with Crippen LogP contribution in [0, 0.1) is 10.8 Å². The van der Waals surface area contributed by atoms with E-state index in [9.17, 15) is 24.1 Å². The summed E-state index contributed by atoms with van der Waals surface area (Å²) in [5.41, 5.74) is 2.83. The molecule has 15 heteroatoms. The number of hydrogen-bond acceptors (Lipinski definition) is 11. The number of esters is 2. The van der Waals surface area contributed by atoms with Crippen molar-refractivity contribution in [1.29, 1.82) is 0 Å². The lowest BCUT2D eigenvalue weighted by Crippen LogP contribution is -2.44. The highest BCUT2D eigenvalue weighted by Gasteiger charge is 2.47. The molecule has 1 aliphatic heterocycles. The molecule has 14 nitrogen and oxygen atoms in total. The van der Waals surface area contributed by atoms with Crippen LogP contribution in [0.1, 0.15) is 68.0 Å². The third-order valence-electron chi connectivity index (χ3n) is 5.96. The summed E-state index contributed by atoms with van der Waals surface area (Å²) in [6.45, 7) is 17.8. The van der Waals surface area contributed by atoms with Crippen molar-refractivity contribution < 1.29 is 38.0 Å².